The second-order valence-electron chi connectivity index (χ2n) is 3.94. The van der Waals surface area contributed by atoms with Crippen LogP contribution in [0.3, 0.4) is 0 Å². The first-order chi connectivity index (χ1) is 9.10. The highest BCUT2D eigenvalue weighted by molar-refractivity contribution is 7.98. The average Bonchev–Trinajstić information content (AvgIpc) is 2.41. The van der Waals surface area contributed by atoms with Gasteiger partial charge in [0.1, 0.15) is 5.75 Å². The maximum Gasteiger partial charge on any atom is 0.124 e. The Labute approximate surface area is 126 Å². The molecule has 0 aliphatic rings. The third-order valence-corrected chi connectivity index (χ3v) is 4.38. The van der Waals surface area contributed by atoms with Gasteiger partial charge >= 0.3 is 0 Å². The van der Waals surface area contributed by atoms with E-state index in [1.807, 2.05) is 30.3 Å². The first-order valence-corrected chi connectivity index (χ1v) is 7.34. The fourth-order valence-electron chi connectivity index (χ4n) is 1.61. The van der Waals surface area contributed by atoms with Crippen LogP contribution < -0.4 is 10.5 Å². The SMILES string of the molecule is COc1cc(N)ccc1CSc1ccc(Cl)c(Cl)c1. The van der Waals surface area contributed by atoms with Crippen molar-refractivity contribution in [3.05, 3.63) is 52.0 Å². The Morgan fingerprint density at radius 1 is 1.11 bits per heavy atom. The van der Waals surface area contributed by atoms with Crippen molar-refractivity contribution in [3.63, 3.8) is 0 Å². The summed E-state index contributed by atoms with van der Waals surface area (Å²) in [4.78, 5) is 1.06. The molecule has 0 saturated heterocycles. The van der Waals surface area contributed by atoms with Crippen LogP contribution in [0.4, 0.5) is 5.69 Å². The topological polar surface area (TPSA) is 35.2 Å². The lowest BCUT2D eigenvalue weighted by atomic mass is 10.2. The van der Waals surface area contributed by atoms with Gasteiger partial charge in [0, 0.05) is 28.0 Å². The lowest BCUT2D eigenvalue weighted by Crippen LogP contribution is -1.93. The monoisotopic (exact) mass is 313 g/mol. The van der Waals surface area contributed by atoms with Gasteiger partial charge in [0.2, 0.25) is 0 Å². The fourth-order valence-corrected chi connectivity index (χ4v) is 2.90. The van der Waals surface area contributed by atoms with Gasteiger partial charge in [0.25, 0.3) is 0 Å². The van der Waals surface area contributed by atoms with Crippen molar-refractivity contribution in [1.82, 2.24) is 0 Å². The summed E-state index contributed by atoms with van der Waals surface area (Å²) in [6.07, 6.45) is 0. The number of anilines is 1. The van der Waals surface area contributed by atoms with Crippen molar-refractivity contribution in [2.45, 2.75) is 10.6 Å². The van der Waals surface area contributed by atoms with Gasteiger partial charge in [-0.1, -0.05) is 29.3 Å². The summed E-state index contributed by atoms with van der Waals surface area (Å²) < 4.78 is 5.32. The van der Waals surface area contributed by atoms with Gasteiger partial charge in [-0.05, 0) is 24.3 Å². The Balaban J connectivity index is 2.12. The van der Waals surface area contributed by atoms with Crippen molar-refractivity contribution in [2.24, 2.45) is 0 Å². The minimum atomic E-state index is 0.566. The lowest BCUT2D eigenvalue weighted by molar-refractivity contribution is 0.411. The van der Waals surface area contributed by atoms with E-state index in [1.54, 1.807) is 24.9 Å². The molecule has 0 aliphatic heterocycles. The van der Waals surface area contributed by atoms with Crippen molar-refractivity contribution in [1.29, 1.82) is 0 Å². The van der Waals surface area contributed by atoms with Crippen LogP contribution in [0.15, 0.2) is 41.3 Å². The number of halogens is 2. The number of hydrogen-bond donors (Lipinski definition) is 1. The van der Waals surface area contributed by atoms with Crippen LogP contribution in [0.5, 0.6) is 5.75 Å². The van der Waals surface area contributed by atoms with Crippen molar-refractivity contribution in [2.75, 3.05) is 12.8 Å². The molecule has 0 fully saturated rings. The highest BCUT2D eigenvalue weighted by atomic mass is 35.5. The molecule has 0 bridgehead atoms. The number of methoxy groups -OCH3 is 1. The number of nitrogen functional groups attached to an aromatic ring is 1. The largest absolute Gasteiger partial charge is 0.496 e. The molecule has 0 heterocycles. The van der Waals surface area contributed by atoms with E-state index in [0.717, 1.165) is 22.0 Å². The Kier molecular flexibility index (Phi) is 4.86. The highest BCUT2D eigenvalue weighted by Crippen LogP contribution is 2.32. The van der Waals surface area contributed by atoms with Crippen molar-refractivity contribution >= 4 is 40.7 Å². The van der Waals surface area contributed by atoms with E-state index in [4.69, 9.17) is 33.7 Å². The first-order valence-electron chi connectivity index (χ1n) is 5.60. The van der Waals surface area contributed by atoms with Crippen molar-refractivity contribution < 1.29 is 4.74 Å². The number of nitrogens with two attached hydrogens (primary N) is 1. The average molecular weight is 314 g/mol. The molecule has 2 aromatic carbocycles. The number of thioether (sulfide) groups is 1. The van der Waals surface area contributed by atoms with Crippen LogP contribution in [0.1, 0.15) is 5.56 Å². The summed E-state index contributed by atoms with van der Waals surface area (Å²) in [7, 11) is 1.64. The zero-order valence-electron chi connectivity index (χ0n) is 10.3. The van der Waals surface area contributed by atoms with E-state index >= 15 is 0 Å². The summed E-state index contributed by atoms with van der Waals surface area (Å²) in [5, 5.41) is 1.13. The molecule has 0 aromatic heterocycles. The molecule has 2 aromatic rings. The number of ether oxygens (including phenoxy) is 1. The lowest BCUT2D eigenvalue weighted by Gasteiger charge is -2.09. The van der Waals surface area contributed by atoms with E-state index in [-0.39, 0.29) is 0 Å². The number of hydrogen-bond acceptors (Lipinski definition) is 3. The molecule has 5 heteroatoms. The van der Waals surface area contributed by atoms with Gasteiger partial charge in [-0.25, -0.2) is 0 Å². The molecule has 0 saturated carbocycles. The van der Waals surface area contributed by atoms with E-state index < -0.39 is 0 Å². The molecular formula is C14H13Cl2NOS. The third kappa shape index (κ3) is 3.72. The van der Waals surface area contributed by atoms with E-state index in [9.17, 15) is 0 Å². The molecule has 0 atom stereocenters. The standard InChI is InChI=1S/C14H13Cl2NOS/c1-18-14-6-10(17)3-2-9(14)8-19-11-4-5-12(15)13(16)7-11/h2-7H,8,17H2,1H3. The van der Waals surface area contributed by atoms with Crippen LogP contribution in [-0.4, -0.2) is 7.11 Å². The Morgan fingerprint density at radius 2 is 1.89 bits per heavy atom. The van der Waals surface area contributed by atoms with E-state index in [1.165, 1.54) is 0 Å². The van der Waals surface area contributed by atoms with Gasteiger partial charge in [-0.2, -0.15) is 0 Å². The molecular weight excluding hydrogens is 301 g/mol. The van der Waals surface area contributed by atoms with Gasteiger partial charge in [0.15, 0.2) is 0 Å². The molecule has 100 valence electrons. The maximum absolute atomic E-state index is 5.99. The van der Waals surface area contributed by atoms with Gasteiger partial charge in [-0.15, -0.1) is 11.8 Å². The predicted molar refractivity (Wildman–Crippen MR) is 83.4 cm³/mol. The molecule has 0 aliphatic carbocycles. The third-order valence-electron chi connectivity index (χ3n) is 2.60. The zero-order chi connectivity index (χ0) is 13.8. The molecule has 2 nitrogen and oxygen atoms in total. The fraction of sp³-hybridized carbons (Fsp3) is 0.143. The van der Waals surface area contributed by atoms with Crippen LogP contribution in [0, 0.1) is 0 Å². The molecule has 2 N–H and O–H groups in total. The summed E-state index contributed by atoms with van der Waals surface area (Å²) in [5.74, 6) is 1.58. The molecule has 19 heavy (non-hydrogen) atoms. The summed E-state index contributed by atoms with van der Waals surface area (Å²) in [6.45, 7) is 0. The minimum absolute atomic E-state index is 0.566. The van der Waals surface area contributed by atoms with Crippen LogP contribution >= 0.6 is 35.0 Å². The molecule has 0 radical (unpaired) electrons. The van der Waals surface area contributed by atoms with E-state index in [2.05, 4.69) is 0 Å². The smallest absolute Gasteiger partial charge is 0.124 e. The van der Waals surface area contributed by atoms with Crippen LogP contribution in [-0.2, 0) is 5.75 Å². The molecule has 0 amide bonds. The van der Waals surface area contributed by atoms with Gasteiger partial charge in [0.05, 0.1) is 17.2 Å². The maximum atomic E-state index is 5.99. The number of benzene rings is 2. The second-order valence-corrected chi connectivity index (χ2v) is 5.80. The van der Waals surface area contributed by atoms with Crippen LogP contribution in [0.2, 0.25) is 10.0 Å². The second kappa shape index (κ2) is 6.42. The first kappa shape index (κ1) is 14.4. The van der Waals surface area contributed by atoms with Gasteiger partial charge in [-0.3, -0.25) is 0 Å². The zero-order valence-corrected chi connectivity index (χ0v) is 12.6. The van der Waals surface area contributed by atoms with Crippen LogP contribution in [0.25, 0.3) is 0 Å². The Morgan fingerprint density at radius 3 is 2.58 bits per heavy atom. The minimum Gasteiger partial charge on any atom is -0.496 e. The predicted octanol–water partition coefficient (Wildman–Crippen LogP) is 4.88. The Hall–Kier alpha value is -1.03. The van der Waals surface area contributed by atoms with Crippen molar-refractivity contribution in [3.8, 4) is 5.75 Å². The normalized spacial score (nSPS) is 10.5. The number of rotatable bonds is 4. The quantitative estimate of drug-likeness (QED) is 0.645. The summed E-state index contributed by atoms with van der Waals surface area (Å²) >= 11 is 13.5. The highest BCUT2D eigenvalue weighted by Gasteiger charge is 2.05. The summed E-state index contributed by atoms with van der Waals surface area (Å²) in [5.41, 5.74) is 7.51. The Bertz CT molecular complexity index is 590. The molecule has 0 spiro atoms. The molecule has 0 unspecified atom stereocenters. The van der Waals surface area contributed by atoms with E-state index in [0.29, 0.717) is 15.7 Å². The summed E-state index contributed by atoms with van der Waals surface area (Å²) in [6, 6.07) is 11.3. The molecule has 2 rings (SSSR count). The van der Waals surface area contributed by atoms with Gasteiger partial charge < -0.3 is 10.5 Å².